The second-order valence-electron chi connectivity index (χ2n) is 5.99. The van der Waals surface area contributed by atoms with E-state index in [0.717, 1.165) is 16.3 Å². The molecule has 0 unspecified atom stereocenters. The van der Waals surface area contributed by atoms with Crippen LogP contribution in [0.25, 0.3) is 16.3 Å². The molecule has 0 atom stereocenters. The minimum atomic E-state index is -0.636. The number of benzene rings is 1. The lowest BCUT2D eigenvalue weighted by Crippen LogP contribution is -2.08. The molecule has 0 aliphatic rings. The first-order valence-electron chi connectivity index (χ1n) is 8.62. The van der Waals surface area contributed by atoms with E-state index in [1.807, 2.05) is 30.5 Å². The molecule has 29 heavy (non-hydrogen) atoms. The van der Waals surface area contributed by atoms with Crippen molar-refractivity contribution >= 4 is 23.1 Å². The molecule has 0 radical (unpaired) electrons. The van der Waals surface area contributed by atoms with Crippen LogP contribution in [0.15, 0.2) is 35.8 Å². The maximum Gasteiger partial charge on any atom is 0.378 e. The van der Waals surface area contributed by atoms with Crippen LogP contribution in [0.2, 0.25) is 0 Å². The molecule has 4 aromatic rings. The summed E-state index contributed by atoms with van der Waals surface area (Å²) in [5.41, 5.74) is 2.23. The van der Waals surface area contributed by atoms with Crippen molar-refractivity contribution in [3.05, 3.63) is 53.1 Å². The number of hydrogen-bond donors (Lipinski definition) is 0. The number of aromatic nitrogens is 5. The molecule has 0 aliphatic heterocycles. The summed E-state index contributed by atoms with van der Waals surface area (Å²) in [5.74, 6) is 0.887. The highest BCUT2D eigenvalue weighted by Crippen LogP contribution is 2.39. The van der Waals surface area contributed by atoms with E-state index in [2.05, 4.69) is 20.1 Å². The van der Waals surface area contributed by atoms with Crippen molar-refractivity contribution < 1.29 is 19.0 Å². The number of carbonyl (C=O) groups is 1. The molecule has 3 aromatic heterocycles. The molecule has 3 heterocycles. The van der Waals surface area contributed by atoms with Crippen molar-refractivity contribution in [2.45, 2.75) is 13.5 Å². The summed E-state index contributed by atoms with van der Waals surface area (Å²) in [4.78, 5) is 25.0. The first-order chi connectivity index (χ1) is 14.1. The predicted molar refractivity (Wildman–Crippen MR) is 105 cm³/mol. The van der Waals surface area contributed by atoms with E-state index < -0.39 is 5.97 Å². The summed E-state index contributed by atoms with van der Waals surface area (Å²) in [6.45, 7) is 1.85. The fourth-order valence-corrected chi connectivity index (χ4v) is 3.58. The molecule has 0 N–H and O–H groups in total. The van der Waals surface area contributed by atoms with Crippen molar-refractivity contribution in [2.24, 2.45) is 0 Å². The smallest absolute Gasteiger partial charge is 0.378 e. The molecule has 1 aromatic carbocycles. The Balaban J connectivity index is 1.50. The van der Waals surface area contributed by atoms with E-state index in [1.54, 1.807) is 26.5 Å². The number of thiazole rings is 1. The third-order valence-corrected chi connectivity index (χ3v) is 5.07. The lowest BCUT2D eigenvalue weighted by molar-refractivity contribution is 0.0454. The van der Waals surface area contributed by atoms with Crippen LogP contribution in [0.5, 0.6) is 11.5 Å². The summed E-state index contributed by atoms with van der Waals surface area (Å²) in [7, 11) is 3.16. The number of nitrogens with zero attached hydrogens (tertiary/aromatic N) is 5. The van der Waals surface area contributed by atoms with Gasteiger partial charge in [-0.3, -0.25) is 0 Å². The Morgan fingerprint density at radius 1 is 1.17 bits per heavy atom. The van der Waals surface area contributed by atoms with Crippen LogP contribution in [0.1, 0.15) is 22.0 Å². The quantitative estimate of drug-likeness (QED) is 0.447. The number of rotatable bonds is 6. The molecular weight excluding hydrogens is 394 g/mol. The maximum atomic E-state index is 12.3. The van der Waals surface area contributed by atoms with Gasteiger partial charge in [0.2, 0.25) is 0 Å². The van der Waals surface area contributed by atoms with E-state index in [1.165, 1.54) is 15.9 Å². The SMILES string of the molecule is COc1cccc(-c2nc(COC(=O)c3nc4nccc(C)n4n3)cs2)c1OC. The fourth-order valence-electron chi connectivity index (χ4n) is 2.75. The van der Waals surface area contributed by atoms with Crippen LogP contribution >= 0.6 is 11.3 Å². The zero-order valence-electron chi connectivity index (χ0n) is 15.9. The average Bonchev–Trinajstić information content (AvgIpc) is 3.39. The molecule has 0 bridgehead atoms. The van der Waals surface area contributed by atoms with Crippen molar-refractivity contribution in [1.29, 1.82) is 0 Å². The van der Waals surface area contributed by atoms with Gasteiger partial charge in [-0.2, -0.15) is 4.98 Å². The minimum Gasteiger partial charge on any atom is -0.493 e. The van der Waals surface area contributed by atoms with Gasteiger partial charge in [-0.05, 0) is 25.1 Å². The van der Waals surface area contributed by atoms with Crippen molar-refractivity contribution in [3.8, 4) is 22.1 Å². The summed E-state index contributed by atoms with van der Waals surface area (Å²) in [6.07, 6.45) is 1.61. The number of carbonyl (C=O) groups excluding carboxylic acids is 1. The third kappa shape index (κ3) is 3.61. The van der Waals surface area contributed by atoms with Gasteiger partial charge in [-0.1, -0.05) is 6.07 Å². The summed E-state index contributed by atoms with van der Waals surface area (Å²) in [5, 5.41) is 6.70. The Morgan fingerprint density at radius 3 is 2.79 bits per heavy atom. The first kappa shape index (κ1) is 18.8. The van der Waals surface area contributed by atoms with E-state index in [-0.39, 0.29) is 12.4 Å². The van der Waals surface area contributed by atoms with Crippen LogP contribution in [-0.2, 0) is 11.3 Å². The van der Waals surface area contributed by atoms with Gasteiger partial charge in [-0.15, -0.1) is 16.4 Å². The number of aryl methyl sites for hydroxylation is 1. The standard InChI is InChI=1S/C19H17N5O4S/c1-11-7-8-20-19-22-16(23-24(11)19)18(25)28-9-12-10-29-17(21-12)13-5-4-6-14(26-2)15(13)27-3/h4-8,10H,9H2,1-3H3. The molecular formula is C19H17N5O4S. The Labute approximate surface area is 169 Å². The topological polar surface area (TPSA) is 101 Å². The molecule has 9 nitrogen and oxygen atoms in total. The second kappa shape index (κ2) is 7.84. The van der Waals surface area contributed by atoms with Gasteiger partial charge in [0.05, 0.1) is 25.5 Å². The Kier molecular flexibility index (Phi) is 5.09. The number of para-hydroxylation sites is 1. The van der Waals surface area contributed by atoms with Crippen LogP contribution < -0.4 is 9.47 Å². The monoisotopic (exact) mass is 411 g/mol. The van der Waals surface area contributed by atoms with Gasteiger partial charge in [0, 0.05) is 17.3 Å². The van der Waals surface area contributed by atoms with E-state index in [4.69, 9.17) is 14.2 Å². The predicted octanol–water partition coefficient (Wildman–Crippen LogP) is 2.93. The highest BCUT2D eigenvalue weighted by molar-refractivity contribution is 7.13. The molecule has 10 heteroatoms. The maximum absolute atomic E-state index is 12.3. The first-order valence-corrected chi connectivity index (χ1v) is 9.50. The Hall–Kier alpha value is -3.53. The van der Waals surface area contributed by atoms with E-state index >= 15 is 0 Å². The lowest BCUT2D eigenvalue weighted by atomic mass is 10.2. The number of esters is 1. The number of methoxy groups -OCH3 is 2. The van der Waals surface area contributed by atoms with Crippen molar-refractivity contribution in [3.63, 3.8) is 0 Å². The lowest BCUT2D eigenvalue weighted by Gasteiger charge is -2.10. The van der Waals surface area contributed by atoms with Crippen LogP contribution in [0.3, 0.4) is 0 Å². The normalized spacial score (nSPS) is 10.9. The van der Waals surface area contributed by atoms with Crippen LogP contribution in [0, 0.1) is 6.92 Å². The molecule has 0 saturated heterocycles. The zero-order chi connectivity index (χ0) is 20.4. The largest absolute Gasteiger partial charge is 0.493 e. The zero-order valence-corrected chi connectivity index (χ0v) is 16.8. The van der Waals surface area contributed by atoms with Gasteiger partial charge in [0.15, 0.2) is 11.5 Å². The molecule has 0 saturated carbocycles. The molecule has 0 amide bonds. The van der Waals surface area contributed by atoms with Crippen molar-refractivity contribution in [2.75, 3.05) is 14.2 Å². The van der Waals surface area contributed by atoms with Gasteiger partial charge < -0.3 is 14.2 Å². The molecule has 148 valence electrons. The average molecular weight is 411 g/mol. The summed E-state index contributed by atoms with van der Waals surface area (Å²) in [6, 6.07) is 7.35. The van der Waals surface area contributed by atoms with Gasteiger partial charge in [0.1, 0.15) is 11.6 Å². The van der Waals surface area contributed by atoms with Crippen LogP contribution in [0.4, 0.5) is 0 Å². The molecule has 4 rings (SSSR count). The highest BCUT2D eigenvalue weighted by atomic mass is 32.1. The number of fused-ring (bicyclic) bond motifs is 1. The van der Waals surface area contributed by atoms with Gasteiger partial charge in [-0.25, -0.2) is 19.3 Å². The van der Waals surface area contributed by atoms with E-state index in [0.29, 0.717) is 23.0 Å². The molecule has 0 spiro atoms. The Bertz CT molecular complexity index is 1190. The highest BCUT2D eigenvalue weighted by Gasteiger charge is 2.18. The molecule has 0 fully saturated rings. The van der Waals surface area contributed by atoms with Gasteiger partial charge >= 0.3 is 5.97 Å². The number of ether oxygens (including phenoxy) is 3. The fraction of sp³-hybridized carbons (Fsp3) is 0.211. The second-order valence-corrected chi connectivity index (χ2v) is 6.85. The molecule has 0 aliphatic carbocycles. The van der Waals surface area contributed by atoms with Crippen LogP contribution in [-0.4, -0.2) is 44.8 Å². The Morgan fingerprint density at radius 2 is 2.03 bits per heavy atom. The third-order valence-electron chi connectivity index (χ3n) is 4.15. The van der Waals surface area contributed by atoms with Gasteiger partial charge in [0.25, 0.3) is 11.6 Å². The number of hydrogen-bond acceptors (Lipinski definition) is 9. The van der Waals surface area contributed by atoms with E-state index in [9.17, 15) is 4.79 Å². The van der Waals surface area contributed by atoms with Crippen molar-refractivity contribution in [1.82, 2.24) is 24.6 Å². The summed E-state index contributed by atoms with van der Waals surface area (Å²) >= 11 is 1.42. The minimum absolute atomic E-state index is 0.00355. The summed E-state index contributed by atoms with van der Waals surface area (Å²) < 4.78 is 17.6.